The Morgan fingerprint density at radius 1 is 1.00 bits per heavy atom. The van der Waals surface area contributed by atoms with Gasteiger partial charge in [-0.05, 0) is 81.4 Å². The van der Waals surface area contributed by atoms with Crippen molar-refractivity contribution in [1.29, 1.82) is 0 Å². The third-order valence-corrected chi connectivity index (χ3v) is 8.82. The van der Waals surface area contributed by atoms with Gasteiger partial charge >= 0.3 is 5.97 Å². The molecule has 0 unspecified atom stereocenters. The molecule has 0 aliphatic rings. The van der Waals surface area contributed by atoms with Gasteiger partial charge in [0, 0.05) is 30.0 Å². The van der Waals surface area contributed by atoms with Gasteiger partial charge in [0.05, 0.1) is 28.7 Å². The van der Waals surface area contributed by atoms with Crippen LogP contribution in [-0.2, 0) is 0 Å². The second-order valence-corrected chi connectivity index (χ2v) is 9.04. The van der Waals surface area contributed by atoms with Crippen molar-refractivity contribution in [3.8, 4) is 0 Å². The van der Waals surface area contributed by atoms with E-state index < -0.39 is 35.6 Å². The van der Waals surface area contributed by atoms with Crippen LogP contribution in [0.4, 0.5) is 5.69 Å². The Morgan fingerprint density at radius 2 is 1.50 bits per heavy atom. The molecule has 0 spiro atoms. The van der Waals surface area contributed by atoms with Crippen LogP contribution in [-0.4, -0.2) is 44.8 Å². The molecule has 0 aromatic heterocycles. The summed E-state index contributed by atoms with van der Waals surface area (Å²) in [5.41, 5.74) is -0.541. The zero-order valence-corrected chi connectivity index (χ0v) is 20.9. The average molecular weight is 676 g/mol. The minimum atomic E-state index is -1.41. The van der Waals surface area contributed by atoms with Gasteiger partial charge in [-0.2, -0.15) is 0 Å². The van der Waals surface area contributed by atoms with Crippen LogP contribution < -0.4 is 5.32 Å². The predicted octanol–water partition coefficient (Wildman–Crippen LogP) is 4.17. The number of amides is 1. The van der Waals surface area contributed by atoms with Gasteiger partial charge in [0.2, 0.25) is 0 Å². The largest absolute Gasteiger partial charge is 0.478 e. The lowest BCUT2D eigenvalue weighted by atomic mass is 10.0. The van der Waals surface area contributed by atoms with Gasteiger partial charge in [0.25, 0.3) is 11.6 Å². The van der Waals surface area contributed by atoms with Crippen molar-refractivity contribution in [1.82, 2.24) is 5.32 Å². The van der Waals surface area contributed by atoms with E-state index in [0.717, 1.165) is 0 Å². The summed E-state index contributed by atoms with van der Waals surface area (Å²) < 4.78 is 1.01. The molecule has 0 radical (unpaired) electrons. The van der Waals surface area contributed by atoms with Crippen molar-refractivity contribution in [2.45, 2.75) is 12.1 Å². The number of aliphatic hydroxyl groups excluding tert-OH is 2. The number of benzene rings is 2. The highest BCUT2D eigenvalue weighted by Crippen LogP contribution is 2.42. The van der Waals surface area contributed by atoms with Crippen LogP contribution >= 0.6 is 63.7 Å². The summed E-state index contributed by atoms with van der Waals surface area (Å²) in [6, 6.07) is 3.73. The number of aliphatic hydroxyl groups is 2. The maximum Gasteiger partial charge on any atom is 0.337 e. The number of non-ortho nitro benzene ring substituents is 1. The van der Waals surface area contributed by atoms with Gasteiger partial charge in [0.1, 0.15) is 6.10 Å². The summed E-state index contributed by atoms with van der Waals surface area (Å²) in [6.45, 7) is -0.678. The van der Waals surface area contributed by atoms with E-state index in [1.165, 1.54) is 24.3 Å². The lowest BCUT2D eigenvalue weighted by Crippen LogP contribution is -2.42. The van der Waals surface area contributed by atoms with Crippen LogP contribution in [0, 0.1) is 10.1 Å². The Bertz CT molecular complexity index is 1010. The summed E-state index contributed by atoms with van der Waals surface area (Å²) in [5, 5.41) is 42.9. The Kier molecular flexibility index (Phi) is 8.53. The van der Waals surface area contributed by atoms with Gasteiger partial charge in [-0.1, -0.05) is 0 Å². The smallest absolute Gasteiger partial charge is 0.337 e. The molecule has 4 N–H and O–H groups in total. The molecular formula is C17H12Br4N2O7. The standard InChI is InChI=1S/C17H12Br4N2O7/c18-11-9(10(17(27)28)12(19)14(21)13(11)20)16(26)22-8(5-24)15(25)6-1-3-7(4-2-6)23(29)30/h1-4,8,15,24-25H,5H2,(H,22,26)(H,27,28)/t8-,15-/m1/s1. The molecule has 0 aliphatic carbocycles. The Morgan fingerprint density at radius 3 is 1.93 bits per heavy atom. The van der Waals surface area contributed by atoms with Gasteiger partial charge < -0.3 is 20.6 Å². The normalized spacial score (nSPS) is 12.9. The van der Waals surface area contributed by atoms with E-state index in [1.54, 1.807) is 0 Å². The fraction of sp³-hybridized carbons (Fsp3) is 0.176. The molecule has 0 fully saturated rings. The highest BCUT2D eigenvalue weighted by atomic mass is 79.9. The first kappa shape index (κ1) is 24.9. The van der Waals surface area contributed by atoms with Gasteiger partial charge in [-0.3, -0.25) is 14.9 Å². The van der Waals surface area contributed by atoms with Crippen LogP contribution in [0.25, 0.3) is 0 Å². The Labute approximate surface area is 203 Å². The van der Waals surface area contributed by atoms with Crippen LogP contribution in [0.15, 0.2) is 42.2 Å². The first-order chi connectivity index (χ1) is 14.0. The Balaban J connectivity index is 2.40. The molecule has 30 heavy (non-hydrogen) atoms. The molecule has 13 heteroatoms. The van der Waals surface area contributed by atoms with E-state index in [9.17, 15) is 35.0 Å². The summed E-state index contributed by atoms with van der Waals surface area (Å²) in [7, 11) is 0. The number of rotatable bonds is 7. The number of hydrogen-bond acceptors (Lipinski definition) is 6. The monoisotopic (exact) mass is 672 g/mol. The van der Waals surface area contributed by atoms with Crippen molar-refractivity contribution in [2.75, 3.05) is 6.61 Å². The molecule has 2 aromatic rings. The number of halogens is 4. The topological polar surface area (TPSA) is 150 Å². The number of carboxylic acids is 1. The second-order valence-electron chi connectivity index (χ2n) is 5.87. The molecule has 9 nitrogen and oxygen atoms in total. The van der Waals surface area contributed by atoms with Crippen molar-refractivity contribution in [2.24, 2.45) is 0 Å². The summed E-state index contributed by atoms with van der Waals surface area (Å²) in [5.74, 6) is -2.24. The number of carboxylic acid groups (broad SMARTS) is 1. The van der Waals surface area contributed by atoms with Crippen molar-refractivity contribution < 1.29 is 29.8 Å². The van der Waals surface area contributed by atoms with Crippen LogP contribution in [0.1, 0.15) is 32.4 Å². The summed E-state index contributed by atoms with van der Waals surface area (Å²) in [6.07, 6.45) is -1.41. The first-order valence-corrected chi connectivity index (χ1v) is 11.1. The van der Waals surface area contributed by atoms with Crippen LogP contribution in [0.2, 0.25) is 0 Å². The molecule has 160 valence electrons. The van der Waals surface area contributed by atoms with E-state index in [1.807, 2.05) is 0 Å². The molecule has 2 rings (SSSR count). The fourth-order valence-electron chi connectivity index (χ4n) is 2.54. The minimum Gasteiger partial charge on any atom is -0.478 e. The van der Waals surface area contributed by atoms with E-state index in [0.29, 0.717) is 8.95 Å². The SMILES string of the molecule is O=C(O)c1c(Br)c(Br)c(Br)c(Br)c1C(=O)N[C@H](CO)[C@H](O)c1ccc([N+](=O)[O-])cc1. The molecule has 2 aromatic carbocycles. The molecule has 2 atom stereocenters. The van der Waals surface area contributed by atoms with E-state index in [-0.39, 0.29) is 31.3 Å². The molecule has 0 aliphatic heterocycles. The lowest BCUT2D eigenvalue weighted by Gasteiger charge is -2.24. The summed E-state index contributed by atoms with van der Waals surface area (Å²) >= 11 is 12.8. The van der Waals surface area contributed by atoms with Crippen LogP contribution in [0.5, 0.6) is 0 Å². The van der Waals surface area contributed by atoms with Crippen molar-refractivity contribution >= 4 is 81.3 Å². The molecule has 0 heterocycles. The van der Waals surface area contributed by atoms with Gasteiger partial charge in [-0.15, -0.1) is 0 Å². The van der Waals surface area contributed by atoms with Crippen LogP contribution in [0.3, 0.4) is 0 Å². The van der Waals surface area contributed by atoms with Crippen molar-refractivity contribution in [3.05, 3.63) is 69.0 Å². The van der Waals surface area contributed by atoms with E-state index in [4.69, 9.17) is 0 Å². The number of carbonyl (C=O) groups excluding carboxylic acids is 1. The highest BCUT2D eigenvalue weighted by Gasteiger charge is 2.30. The number of hydrogen-bond donors (Lipinski definition) is 4. The zero-order valence-electron chi connectivity index (χ0n) is 14.6. The molecule has 0 saturated heterocycles. The fourth-order valence-corrected chi connectivity index (χ4v) is 5.00. The van der Waals surface area contributed by atoms with Gasteiger partial charge in [0.15, 0.2) is 0 Å². The highest BCUT2D eigenvalue weighted by molar-refractivity contribution is 9.15. The third-order valence-electron chi connectivity index (χ3n) is 4.05. The second kappa shape index (κ2) is 10.3. The number of carbonyl (C=O) groups is 2. The molecular weight excluding hydrogens is 664 g/mol. The van der Waals surface area contributed by atoms with E-state index >= 15 is 0 Å². The molecule has 0 bridgehead atoms. The van der Waals surface area contributed by atoms with E-state index in [2.05, 4.69) is 69.0 Å². The van der Waals surface area contributed by atoms with Crippen molar-refractivity contribution in [3.63, 3.8) is 0 Å². The summed E-state index contributed by atoms with van der Waals surface area (Å²) in [4.78, 5) is 34.8. The number of nitro benzene ring substituents is 1. The number of aromatic carboxylic acids is 1. The maximum atomic E-state index is 12.9. The van der Waals surface area contributed by atoms with Gasteiger partial charge in [-0.25, -0.2) is 4.79 Å². The lowest BCUT2D eigenvalue weighted by molar-refractivity contribution is -0.384. The molecule has 0 saturated carbocycles. The average Bonchev–Trinajstić information content (AvgIpc) is 2.71. The number of nitrogens with zero attached hydrogens (tertiary/aromatic N) is 1. The number of nitrogens with one attached hydrogen (secondary N) is 1. The Hall–Kier alpha value is -1.38. The predicted molar refractivity (Wildman–Crippen MR) is 121 cm³/mol. The number of nitro groups is 1. The maximum absolute atomic E-state index is 12.9. The first-order valence-electron chi connectivity index (χ1n) is 7.94. The molecule has 1 amide bonds. The zero-order chi connectivity index (χ0) is 22.7. The quantitative estimate of drug-likeness (QED) is 0.149. The third kappa shape index (κ3) is 5.08. The minimum absolute atomic E-state index is 0.117.